The monoisotopic (exact) mass is 383 g/mol. The number of fused-ring (bicyclic) bond motifs is 1. The number of carbonyl (C=O) groups excluding carboxylic acids is 3. The SMILES string of the molecule is [CH2-]C(=O)C(=NC)C(=O)N[C@@H]1C(=O)N2C(C)=C(C)CS[C@H]12.[Y]. The number of hydrogen-bond donors (Lipinski definition) is 1. The van der Waals surface area contributed by atoms with Gasteiger partial charge in [0.1, 0.15) is 11.4 Å². The van der Waals surface area contributed by atoms with Crippen molar-refractivity contribution in [2.45, 2.75) is 25.3 Å². The first-order valence-electron chi connectivity index (χ1n) is 6.13. The fourth-order valence-corrected chi connectivity index (χ4v) is 3.62. The minimum absolute atomic E-state index is 0. The van der Waals surface area contributed by atoms with Crippen LogP contribution in [0.5, 0.6) is 0 Å². The first-order valence-corrected chi connectivity index (χ1v) is 7.18. The van der Waals surface area contributed by atoms with E-state index in [9.17, 15) is 14.4 Å². The van der Waals surface area contributed by atoms with Crippen molar-refractivity contribution in [1.82, 2.24) is 10.2 Å². The van der Waals surface area contributed by atoms with Crippen molar-refractivity contribution in [3.63, 3.8) is 0 Å². The molecule has 0 bridgehead atoms. The molecule has 2 rings (SSSR count). The Balaban J connectivity index is 0.00000220. The van der Waals surface area contributed by atoms with Crippen LogP contribution in [0.2, 0.25) is 0 Å². The normalized spacial score (nSPS) is 24.8. The third-order valence-corrected chi connectivity index (χ3v) is 4.91. The van der Waals surface area contributed by atoms with E-state index in [0.29, 0.717) is 0 Å². The van der Waals surface area contributed by atoms with Crippen molar-refractivity contribution in [1.29, 1.82) is 0 Å². The number of carbonyl (C=O) groups is 3. The maximum atomic E-state index is 12.1. The number of β-lactam (4-membered cyclic amide) rings is 1. The van der Waals surface area contributed by atoms with Crippen molar-refractivity contribution >= 4 is 35.1 Å². The summed E-state index contributed by atoms with van der Waals surface area (Å²) >= 11 is 1.60. The van der Waals surface area contributed by atoms with E-state index >= 15 is 0 Å². The number of allylic oxidation sites excluding steroid dienone is 1. The van der Waals surface area contributed by atoms with E-state index in [4.69, 9.17) is 0 Å². The van der Waals surface area contributed by atoms with E-state index in [1.165, 1.54) is 7.05 Å². The molecule has 1 radical (unpaired) electrons. The molecule has 1 fully saturated rings. The van der Waals surface area contributed by atoms with Crippen molar-refractivity contribution in [2.75, 3.05) is 12.8 Å². The molecule has 2 aliphatic rings. The Morgan fingerprint density at radius 3 is 2.57 bits per heavy atom. The third kappa shape index (κ3) is 3.25. The number of rotatable bonds is 3. The molecule has 0 aromatic carbocycles. The molecule has 21 heavy (non-hydrogen) atoms. The smallest absolute Gasteiger partial charge is 0.253 e. The molecule has 2 heterocycles. The van der Waals surface area contributed by atoms with E-state index in [1.54, 1.807) is 16.7 Å². The van der Waals surface area contributed by atoms with Crippen LogP contribution < -0.4 is 5.32 Å². The zero-order valence-corrected chi connectivity index (χ0v) is 15.8. The number of amides is 2. The van der Waals surface area contributed by atoms with Gasteiger partial charge >= 0.3 is 0 Å². The number of thioether (sulfide) groups is 1. The van der Waals surface area contributed by atoms with Crippen LogP contribution in [0.4, 0.5) is 0 Å². The largest absolute Gasteiger partial charge is 0.373 e. The van der Waals surface area contributed by atoms with Crippen LogP contribution in [0, 0.1) is 6.92 Å². The van der Waals surface area contributed by atoms with Crippen LogP contribution >= 0.6 is 11.8 Å². The van der Waals surface area contributed by atoms with Gasteiger partial charge in [-0.25, -0.2) is 0 Å². The first kappa shape index (κ1) is 18.4. The van der Waals surface area contributed by atoms with Crippen LogP contribution in [-0.2, 0) is 47.1 Å². The van der Waals surface area contributed by atoms with Gasteiger partial charge in [0.05, 0.1) is 0 Å². The molecular formula is C13H16N3O3SY-. The van der Waals surface area contributed by atoms with Gasteiger partial charge in [-0.1, -0.05) is 0 Å². The van der Waals surface area contributed by atoms with Gasteiger partial charge in [-0.15, -0.1) is 11.8 Å². The molecule has 0 aromatic rings. The Bertz CT molecular complexity index is 559. The zero-order valence-electron chi connectivity index (χ0n) is 12.2. The van der Waals surface area contributed by atoms with Crippen LogP contribution in [0.15, 0.2) is 16.3 Å². The molecule has 2 amide bonds. The number of nitrogens with zero attached hydrogens (tertiary/aromatic N) is 2. The summed E-state index contributed by atoms with van der Waals surface area (Å²) in [5.41, 5.74) is 1.84. The number of ketones is 1. The van der Waals surface area contributed by atoms with E-state index in [1.807, 2.05) is 13.8 Å². The van der Waals surface area contributed by atoms with Gasteiger partial charge in [-0.3, -0.25) is 14.5 Å². The molecule has 0 aromatic heterocycles. The Morgan fingerprint density at radius 2 is 2.05 bits per heavy atom. The number of hydrogen-bond acceptors (Lipinski definition) is 5. The molecule has 0 saturated carbocycles. The molecule has 0 spiro atoms. The number of Topliss-reactive ketones (excluding diaryl/α,β-unsaturated/α-hetero) is 1. The van der Waals surface area contributed by atoms with Crippen LogP contribution in [-0.4, -0.2) is 52.4 Å². The van der Waals surface area contributed by atoms with Crippen molar-refractivity contribution < 1.29 is 47.1 Å². The van der Waals surface area contributed by atoms with Gasteiger partial charge in [-0.05, 0) is 19.4 Å². The maximum absolute atomic E-state index is 12.1. The minimum Gasteiger partial charge on any atom is -0.373 e. The fourth-order valence-electron chi connectivity index (χ4n) is 2.21. The molecule has 2 atom stereocenters. The van der Waals surface area contributed by atoms with Gasteiger partial charge in [0, 0.05) is 62.7 Å². The minimum atomic E-state index is -0.656. The average molecular weight is 383 g/mol. The summed E-state index contributed by atoms with van der Waals surface area (Å²) in [5.74, 6) is -0.624. The summed E-state index contributed by atoms with van der Waals surface area (Å²) in [5, 5.41) is 2.46. The molecule has 8 heteroatoms. The predicted octanol–water partition coefficient (Wildman–Crippen LogP) is 0.152. The standard InChI is InChI=1S/C13H16N3O3S.Y/c1-6-5-20-13-10(12(19)16(13)7(6)2)15-11(18)9(14-4)8(3)17;/h10,13H,3,5H2,1-2,4H3,(H,15,18);/q-1;/t10-,13-;/m1./s1. The second-order valence-electron chi connectivity index (χ2n) is 4.72. The van der Waals surface area contributed by atoms with Crippen molar-refractivity contribution in [3.05, 3.63) is 18.2 Å². The zero-order chi connectivity index (χ0) is 15.0. The summed E-state index contributed by atoms with van der Waals surface area (Å²) in [7, 11) is 1.35. The van der Waals surface area contributed by atoms with Crippen molar-refractivity contribution in [2.24, 2.45) is 4.99 Å². The summed E-state index contributed by atoms with van der Waals surface area (Å²) in [4.78, 5) is 40.4. The Kier molecular flexibility index (Phi) is 6.19. The summed E-state index contributed by atoms with van der Waals surface area (Å²) in [6.45, 7) is 7.05. The van der Waals surface area contributed by atoms with E-state index in [-0.39, 0.29) is 49.7 Å². The average Bonchev–Trinajstić information content (AvgIpc) is 2.39. The summed E-state index contributed by atoms with van der Waals surface area (Å²) < 4.78 is 0. The van der Waals surface area contributed by atoms with Gasteiger partial charge in [0.2, 0.25) is 0 Å². The van der Waals surface area contributed by atoms with Crippen LogP contribution in [0.3, 0.4) is 0 Å². The second-order valence-corrected chi connectivity index (χ2v) is 5.83. The maximum Gasteiger partial charge on any atom is 0.253 e. The van der Waals surface area contributed by atoms with Gasteiger partial charge in [0.25, 0.3) is 5.91 Å². The summed E-state index contributed by atoms with van der Waals surface area (Å²) in [6, 6.07) is -0.605. The Morgan fingerprint density at radius 1 is 1.43 bits per heavy atom. The van der Waals surface area contributed by atoms with Crippen LogP contribution in [0.25, 0.3) is 0 Å². The number of aliphatic imine (C=N–C) groups is 1. The van der Waals surface area contributed by atoms with Gasteiger partial charge in [-0.2, -0.15) is 6.92 Å². The molecule has 2 aliphatic heterocycles. The Hall–Kier alpha value is -0.656. The molecule has 6 nitrogen and oxygen atoms in total. The molecule has 0 aliphatic carbocycles. The number of nitrogens with one attached hydrogen (secondary N) is 1. The fraction of sp³-hybridized carbons (Fsp3) is 0.462. The van der Waals surface area contributed by atoms with Gasteiger partial charge < -0.3 is 15.1 Å². The van der Waals surface area contributed by atoms with Gasteiger partial charge in [0.15, 0.2) is 5.91 Å². The molecule has 1 saturated heterocycles. The molecule has 1 N–H and O–H groups in total. The first-order chi connectivity index (χ1) is 9.38. The quantitative estimate of drug-likeness (QED) is 0.326. The van der Waals surface area contributed by atoms with E-state index in [0.717, 1.165) is 17.0 Å². The predicted molar refractivity (Wildman–Crippen MR) is 77.1 cm³/mol. The second kappa shape index (κ2) is 7.07. The topological polar surface area (TPSA) is 78.8 Å². The summed E-state index contributed by atoms with van der Waals surface area (Å²) in [6.07, 6.45) is 0. The third-order valence-electron chi connectivity index (χ3n) is 3.48. The van der Waals surface area contributed by atoms with E-state index < -0.39 is 17.7 Å². The Labute approximate surface area is 153 Å². The van der Waals surface area contributed by atoms with Crippen molar-refractivity contribution in [3.8, 4) is 0 Å². The molecule has 111 valence electrons. The van der Waals surface area contributed by atoms with Crippen LogP contribution in [0.1, 0.15) is 13.8 Å². The van der Waals surface area contributed by atoms with E-state index in [2.05, 4.69) is 17.2 Å². The molecule has 0 unspecified atom stereocenters. The molecular weight excluding hydrogens is 367 g/mol.